The molecule has 0 saturated carbocycles. The van der Waals surface area contributed by atoms with Gasteiger partial charge in [-0.25, -0.2) is 0 Å². The third-order valence-corrected chi connectivity index (χ3v) is 9.29. The van der Waals surface area contributed by atoms with Crippen LogP contribution in [-0.4, -0.2) is 28.6 Å². The Morgan fingerprint density at radius 3 is 0.714 bits per heavy atom. The summed E-state index contributed by atoms with van der Waals surface area (Å²) in [6.07, 6.45) is 0. The lowest BCUT2D eigenvalue weighted by Gasteiger charge is -2.09. The maximum Gasteiger partial charge on any atom is 0.123 e. The van der Waals surface area contributed by atoms with Crippen LogP contribution in [0.1, 0.15) is 0 Å². The summed E-state index contributed by atoms with van der Waals surface area (Å²) >= 11 is 0. The van der Waals surface area contributed by atoms with E-state index in [0.717, 1.165) is 28.6 Å². The first-order valence-electron chi connectivity index (χ1n) is 7.23. The highest BCUT2D eigenvalue weighted by molar-refractivity contribution is 6.87. The maximum atomic E-state index is 2.40. The number of benzene rings is 4. The molecule has 6 radical (unpaired) electrons. The Labute approximate surface area is 128 Å². The Morgan fingerprint density at radius 1 is 0.333 bits per heavy atom. The first-order valence-corrected chi connectivity index (χ1v) is 10.2. The van der Waals surface area contributed by atoms with Crippen molar-refractivity contribution in [3.05, 3.63) is 36.4 Å². The number of hydrogen-bond acceptors (Lipinski definition) is 0. The molecule has 0 bridgehead atoms. The van der Waals surface area contributed by atoms with E-state index in [1.54, 1.807) is 63.4 Å². The molecule has 0 aromatic heterocycles. The first kappa shape index (κ1) is 10.1. The summed E-state index contributed by atoms with van der Waals surface area (Å²) in [5.41, 5.74) is 0. The SMILES string of the molecule is c1cc2c3c4c1[Si]c1ccc5c(c14)c1c(ccc(c31)[Si]2)[Si]5. The lowest BCUT2D eigenvalue weighted by atomic mass is 9.95. The van der Waals surface area contributed by atoms with E-state index in [4.69, 9.17) is 0 Å². The summed E-state index contributed by atoms with van der Waals surface area (Å²) in [4.78, 5) is 0. The molecule has 3 heterocycles. The summed E-state index contributed by atoms with van der Waals surface area (Å²) < 4.78 is 0. The molecule has 21 heavy (non-hydrogen) atoms. The van der Waals surface area contributed by atoms with Crippen molar-refractivity contribution in [1.29, 1.82) is 0 Å². The molecular weight excluding hydrogens is 300 g/mol. The predicted octanol–water partition coefficient (Wildman–Crippen LogP) is -0.949. The summed E-state index contributed by atoms with van der Waals surface area (Å²) in [5, 5.41) is 19.2. The standard InChI is InChI=1S/C18H6Si3/c1-2-8-14-13-7(1)19-9-3-4-11-17(15(9)13)18-12(21-11)6-5-10(20-8)16(14)18/h1-6H. The van der Waals surface area contributed by atoms with Gasteiger partial charge in [0.2, 0.25) is 0 Å². The van der Waals surface area contributed by atoms with Gasteiger partial charge < -0.3 is 0 Å². The van der Waals surface area contributed by atoms with E-state index >= 15 is 0 Å². The van der Waals surface area contributed by atoms with Crippen molar-refractivity contribution < 1.29 is 0 Å². The van der Waals surface area contributed by atoms with Gasteiger partial charge in [-0.1, -0.05) is 36.4 Å². The van der Waals surface area contributed by atoms with E-state index in [1.165, 1.54) is 0 Å². The Kier molecular flexibility index (Phi) is 1.41. The van der Waals surface area contributed by atoms with Crippen LogP contribution < -0.4 is 31.1 Å². The van der Waals surface area contributed by atoms with Crippen LogP contribution in [0.15, 0.2) is 36.4 Å². The molecular formula is C18H6Si3. The quantitative estimate of drug-likeness (QED) is 0.250. The van der Waals surface area contributed by atoms with Crippen molar-refractivity contribution in [3.8, 4) is 0 Å². The zero-order valence-corrected chi connectivity index (χ0v) is 14.0. The minimum Gasteiger partial charge on any atom is -0.0626 e. The molecule has 4 aromatic rings. The van der Waals surface area contributed by atoms with E-state index in [-0.39, 0.29) is 0 Å². The zero-order valence-electron chi connectivity index (χ0n) is 11.0. The van der Waals surface area contributed by atoms with E-state index in [0.29, 0.717) is 0 Å². The van der Waals surface area contributed by atoms with Crippen molar-refractivity contribution in [2.45, 2.75) is 0 Å². The topological polar surface area (TPSA) is 0 Å². The molecule has 0 unspecified atom stereocenters. The first-order chi connectivity index (χ1) is 10.4. The molecule has 3 aliphatic heterocycles. The molecule has 3 aliphatic rings. The lowest BCUT2D eigenvalue weighted by Crippen LogP contribution is -2.25. The van der Waals surface area contributed by atoms with Crippen molar-refractivity contribution in [1.82, 2.24) is 0 Å². The van der Waals surface area contributed by atoms with Crippen LogP contribution in [0.25, 0.3) is 32.3 Å². The summed E-state index contributed by atoms with van der Waals surface area (Å²) in [6, 6.07) is 14.4. The van der Waals surface area contributed by atoms with Gasteiger partial charge in [0.25, 0.3) is 0 Å². The summed E-state index contributed by atoms with van der Waals surface area (Å²) in [6.45, 7) is 0. The summed E-state index contributed by atoms with van der Waals surface area (Å²) in [7, 11) is 2.57. The number of rotatable bonds is 0. The molecule has 0 amide bonds. The zero-order chi connectivity index (χ0) is 13.3. The van der Waals surface area contributed by atoms with Gasteiger partial charge in [0.1, 0.15) is 28.6 Å². The third-order valence-electron chi connectivity index (χ3n) is 5.17. The van der Waals surface area contributed by atoms with Crippen molar-refractivity contribution in [2.24, 2.45) is 0 Å². The van der Waals surface area contributed by atoms with Crippen LogP contribution in [0.5, 0.6) is 0 Å². The monoisotopic (exact) mass is 306 g/mol. The molecule has 4 aromatic carbocycles. The van der Waals surface area contributed by atoms with Crippen LogP contribution in [0.3, 0.4) is 0 Å². The van der Waals surface area contributed by atoms with Gasteiger partial charge in [0.05, 0.1) is 0 Å². The predicted molar refractivity (Wildman–Crippen MR) is 94.0 cm³/mol. The van der Waals surface area contributed by atoms with Gasteiger partial charge in [-0.15, -0.1) is 0 Å². The van der Waals surface area contributed by atoms with Crippen molar-refractivity contribution in [3.63, 3.8) is 0 Å². The van der Waals surface area contributed by atoms with E-state index < -0.39 is 0 Å². The fraction of sp³-hybridized carbons (Fsp3) is 0. The molecule has 3 heteroatoms. The minimum atomic E-state index is 0.857. The summed E-state index contributed by atoms with van der Waals surface area (Å²) in [5.74, 6) is 0. The van der Waals surface area contributed by atoms with E-state index in [2.05, 4.69) is 36.4 Å². The van der Waals surface area contributed by atoms with Gasteiger partial charge in [-0.2, -0.15) is 0 Å². The highest BCUT2D eigenvalue weighted by Crippen LogP contribution is 2.35. The molecule has 0 spiro atoms. The molecule has 0 atom stereocenters. The fourth-order valence-corrected chi connectivity index (χ4v) is 8.55. The molecule has 0 saturated heterocycles. The Hall–Kier alpha value is -1.69. The Bertz CT molecular complexity index is 932. The van der Waals surface area contributed by atoms with Crippen molar-refractivity contribution >= 4 is 92.0 Å². The van der Waals surface area contributed by atoms with Crippen LogP contribution in [0, 0.1) is 0 Å². The van der Waals surface area contributed by atoms with Crippen molar-refractivity contribution in [2.75, 3.05) is 0 Å². The Balaban J connectivity index is 2.04. The molecule has 7 rings (SSSR count). The minimum absolute atomic E-state index is 0.857. The van der Waals surface area contributed by atoms with Crippen LogP contribution in [0.2, 0.25) is 0 Å². The smallest absolute Gasteiger partial charge is 0.0626 e. The second kappa shape index (κ2) is 2.93. The molecule has 90 valence electrons. The van der Waals surface area contributed by atoms with Gasteiger partial charge in [0.15, 0.2) is 0 Å². The van der Waals surface area contributed by atoms with Gasteiger partial charge in [-0.3, -0.25) is 0 Å². The maximum absolute atomic E-state index is 2.40. The van der Waals surface area contributed by atoms with Crippen LogP contribution in [-0.2, 0) is 0 Å². The van der Waals surface area contributed by atoms with Crippen LogP contribution >= 0.6 is 0 Å². The van der Waals surface area contributed by atoms with Gasteiger partial charge >= 0.3 is 0 Å². The molecule has 0 nitrogen and oxygen atoms in total. The largest absolute Gasteiger partial charge is 0.123 e. The Morgan fingerprint density at radius 2 is 0.524 bits per heavy atom. The molecule has 0 aliphatic carbocycles. The lowest BCUT2D eigenvalue weighted by molar-refractivity contribution is 1.97. The number of hydrogen-bond donors (Lipinski definition) is 0. The third kappa shape index (κ3) is 0.906. The van der Waals surface area contributed by atoms with E-state index in [1.807, 2.05) is 0 Å². The second-order valence-corrected chi connectivity index (χ2v) is 10.1. The highest BCUT2D eigenvalue weighted by Gasteiger charge is 2.31. The average Bonchev–Trinajstić information content (AvgIpc) is 3.14. The molecule has 0 fully saturated rings. The van der Waals surface area contributed by atoms with Gasteiger partial charge in [0, 0.05) is 0 Å². The highest BCUT2D eigenvalue weighted by atomic mass is 28.2. The fourth-order valence-electron chi connectivity index (χ4n) is 4.43. The van der Waals surface area contributed by atoms with Crippen LogP contribution in [0.4, 0.5) is 0 Å². The molecule has 0 N–H and O–H groups in total. The second-order valence-electron chi connectivity index (χ2n) is 6.11. The van der Waals surface area contributed by atoms with Gasteiger partial charge in [-0.05, 0) is 63.4 Å². The normalized spacial score (nSPS) is 16.0. The average molecular weight is 307 g/mol. The van der Waals surface area contributed by atoms with E-state index in [9.17, 15) is 0 Å².